The van der Waals surface area contributed by atoms with Gasteiger partial charge in [-0.15, -0.1) is 0 Å². The minimum Gasteiger partial charge on any atom is -0.484 e. The van der Waals surface area contributed by atoms with Gasteiger partial charge in [0.1, 0.15) is 11.5 Å². The van der Waals surface area contributed by atoms with Crippen molar-refractivity contribution in [2.45, 2.75) is 37.7 Å². The Morgan fingerprint density at radius 2 is 1.93 bits per heavy atom. The van der Waals surface area contributed by atoms with E-state index in [-0.39, 0.29) is 0 Å². The third-order valence-corrected chi connectivity index (χ3v) is 3.54. The maximum absolute atomic E-state index is 12.8. The number of alkyl halides is 6. The third kappa shape index (κ3) is 7.83. The molecule has 1 heterocycles. The third-order valence-electron chi connectivity index (χ3n) is 3.54. The molecule has 0 saturated carbocycles. The number of hydrogen-bond acceptors (Lipinski definition) is 4. The van der Waals surface area contributed by atoms with E-state index < -0.39 is 61.0 Å². The molecule has 1 aromatic carbocycles. The van der Waals surface area contributed by atoms with Gasteiger partial charge in [-0.2, -0.15) is 26.3 Å². The first-order valence-electron chi connectivity index (χ1n) is 10.2. The fourth-order valence-corrected chi connectivity index (χ4v) is 2.35. The minimum absolute atomic E-state index is 0.361. The summed E-state index contributed by atoms with van der Waals surface area (Å²) in [5.74, 6) is -2.81. The molecule has 0 aliphatic carbocycles. The molecule has 1 amide bonds. The number of piperidine rings is 1. The molecule has 11 heteroatoms. The second-order valence-corrected chi connectivity index (χ2v) is 5.86. The molecule has 1 saturated heterocycles. The van der Waals surface area contributed by atoms with Gasteiger partial charge in [0.2, 0.25) is 0 Å². The van der Waals surface area contributed by atoms with Crippen LogP contribution < -0.4 is 20.1 Å². The van der Waals surface area contributed by atoms with Gasteiger partial charge in [-0.05, 0) is 37.6 Å². The number of benzene rings is 1. The molecule has 2 rings (SSSR count). The van der Waals surface area contributed by atoms with E-state index in [1.54, 1.807) is 0 Å². The highest BCUT2D eigenvalue weighted by Gasteiger charge is 2.30. The highest BCUT2D eigenvalue weighted by Crippen LogP contribution is 2.28. The monoisotopic (exact) mass is 418 g/mol. The normalized spacial score (nSPS) is 21.0. The summed E-state index contributed by atoms with van der Waals surface area (Å²) >= 11 is 0. The average molecular weight is 418 g/mol. The first kappa shape index (κ1) is 16.8. The van der Waals surface area contributed by atoms with Crippen molar-refractivity contribution in [2.24, 2.45) is 0 Å². The molecule has 5 nitrogen and oxygen atoms in total. The van der Waals surface area contributed by atoms with Crippen LogP contribution in [0.25, 0.3) is 0 Å². The number of hydrogen-bond donors (Lipinski definition) is 2. The molecule has 28 heavy (non-hydrogen) atoms. The van der Waals surface area contributed by atoms with E-state index >= 15 is 0 Å². The van der Waals surface area contributed by atoms with E-state index in [2.05, 4.69) is 14.8 Å². The Hall–Kier alpha value is -2.17. The van der Waals surface area contributed by atoms with Gasteiger partial charge in [0.25, 0.3) is 5.91 Å². The number of ether oxygens (including phenoxy) is 2. The number of carbonyl (C=O) groups excluding carboxylic acids is 1. The number of rotatable bonds is 7. The van der Waals surface area contributed by atoms with Gasteiger partial charge >= 0.3 is 12.4 Å². The summed E-state index contributed by atoms with van der Waals surface area (Å²) in [5, 5.41) is 4.87. The van der Waals surface area contributed by atoms with Crippen LogP contribution in [0.5, 0.6) is 11.5 Å². The highest BCUT2D eigenvalue weighted by atomic mass is 19.4. The molecule has 1 atom stereocenters. The Labute approximate surface area is 163 Å². The molecule has 0 spiro atoms. The molecule has 0 bridgehead atoms. The zero-order chi connectivity index (χ0) is 24.4. The van der Waals surface area contributed by atoms with Crippen molar-refractivity contribution in [1.82, 2.24) is 10.6 Å². The Bertz CT molecular complexity index is 814. The lowest BCUT2D eigenvalue weighted by molar-refractivity contribution is -0.154. The molecule has 1 fully saturated rings. The van der Waals surface area contributed by atoms with E-state index in [1.165, 1.54) is 0 Å². The maximum atomic E-state index is 12.8. The topological polar surface area (TPSA) is 59.6 Å². The summed E-state index contributed by atoms with van der Waals surface area (Å²) in [4.78, 5) is 12.7. The van der Waals surface area contributed by atoms with Gasteiger partial charge in [0.15, 0.2) is 13.2 Å². The first-order valence-corrected chi connectivity index (χ1v) is 8.17. The van der Waals surface area contributed by atoms with Crippen molar-refractivity contribution in [3.63, 3.8) is 0 Å². The van der Waals surface area contributed by atoms with Gasteiger partial charge in [-0.3, -0.25) is 4.79 Å². The predicted octanol–water partition coefficient (Wildman–Crippen LogP) is 3.44. The second kappa shape index (κ2) is 9.35. The summed E-state index contributed by atoms with van der Waals surface area (Å²) in [7, 11) is 0. The van der Waals surface area contributed by atoms with Crippen LogP contribution in [-0.4, -0.2) is 50.5 Å². The molecule has 1 aromatic rings. The van der Waals surface area contributed by atoms with E-state index in [9.17, 15) is 31.1 Å². The molecule has 0 aromatic heterocycles. The van der Waals surface area contributed by atoms with E-state index in [0.717, 1.165) is 6.42 Å². The van der Waals surface area contributed by atoms with Crippen LogP contribution in [0, 0.1) is 0 Å². The van der Waals surface area contributed by atoms with Crippen molar-refractivity contribution in [3.05, 3.63) is 23.8 Å². The molecular weight excluding hydrogens is 394 g/mol. The van der Waals surface area contributed by atoms with E-state index in [4.69, 9.17) is 5.48 Å². The molecule has 1 aliphatic rings. The van der Waals surface area contributed by atoms with Crippen molar-refractivity contribution in [1.29, 1.82) is 0 Å². The van der Waals surface area contributed by atoms with Crippen molar-refractivity contribution in [3.8, 4) is 11.5 Å². The SMILES string of the molecule is [2H]C([2H])(NC(=O)c1cc(OC([2H])([2H])C(F)(F)F)ccc1OCC(F)(F)F)C1CCCCN1. The Balaban J connectivity index is 2.33. The van der Waals surface area contributed by atoms with Crippen LogP contribution in [0.15, 0.2) is 18.2 Å². The van der Waals surface area contributed by atoms with Crippen LogP contribution >= 0.6 is 0 Å². The van der Waals surface area contributed by atoms with Gasteiger partial charge < -0.3 is 20.1 Å². The quantitative estimate of drug-likeness (QED) is 0.667. The minimum atomic E-state index is -5.44. The lowest BCUT2D eigenvalue weighted by atomic mass is 10.0. The first-order chi connectivity index (χ1) is 14.5. The largest absolute Gasteiger partial charge is 0.484 e. The number of amides is 1. The summed E-state index contributed by atoms with van der Waals surface area (Å²) in [6, 6.07) is 1.15. The molecular formula is C17H20F6N2O3. The molecule has 1 unspecified atom stereocenters. The van der Waals surface area contributed by atoms with Gasteiger partial charge in [-0.1, -0.05) is 6.42 Å². The van der Waals surface area contributed by atoms with Crippen molar-refractivity contribution < 1.29 is 46.1 Å². The molecule has 1 aliphatic heterocycles. The highest BCUT2D eigenvalue weighted by molar-refractivity contribution is 5.97. The Kier molecular flexibility index (Phi) is 5.60. The maximum Gasteiger partial charge on any atom is 0.422 e. The van der Waals surface area contributed by atoms with Crippen LogP contribution in [0.2, 0.25) is 0 Å². The Morgan fingerprint density at radius 3 is 2.54 bits per heavy atom. The van der Waals surface area contributed by atoms with Crippen LogP contribution in [0.4, 0.5) is 26.3 Å². The zero-order valence-corrected chi connectivity index (χ0v) is 14.3. The molecule has 158 valence electrons. The van der Waals surface area contributed by atoms with Crippen LogP contribution in [0.3, 0.4) is 0 Å². The van der Waals surface area contributed by atoms with Crippen LogP contribution in [0.1, 0.15) is 35.1 Å². The zero-order valence-electron chi connectivity index (χ0n) is 18.3. The van der Waals surface area contributed by atoms with Crippen LogP contribution in [-0.2, 0) is 0 Å². The average Bonchev–Trinajstić information content (AvgIpc) is 2.65. The summed E-state index contributed by atoms with van der Waals surface area (Å²) in [5.41, 5.74) is -0.760. The van der Waals surface area contributed by atoms with Crippen molar-refractivity contribution >= 4 is 5.91 Å². The second-order valence-electron chi connectivity index (χ2n) is 5.86. The van der Waals surface area contributed by atoms with E-state index in [1.807, 2.05) is 5.32 Å². The number of carbonyl (C=O) groups is 1. The van der Waals surface area contributed by atoms with E-state index in [0.29, 0.717) is 37.6 Å². The number of halogens is 6. The molecule has 2 N–H and O–H groups in total. The van der Waals surface area contributed by atoms with Gasteiger partial charge in [-0.25, -0.2) is 0 Å². The number of nitrogens with one attached hydrogen (secondary N) is 2. The van der Waals surface area contributed by atoms with Crippen molar-refractivity contribution in [2.75, 3.05) is 26.2 Å². The summed E-state index contributed by atoms with van der Waals surface area (Å²) < 4.78 is 115. The summed E-state index contributed by atoms with van der Waals surface area (Å²) in [6.45, 7) is -7.85. The standard InChI is InChI=1S/C17H20F6N2O3/c18-16(19,20)9-27-12-4-5-14(28-10-17(21,22)23)13(7-12)15(26)25-8-11-3-1-2-6-24-11/h4-5,7,11,24H,1-3,6,8-10H2,(H,25,26)/i8D2,9D2. The smallest absolute Gasteiger partial charge is 0.422 e. The summed E-state index contributed by atoms with van der Waals surface area (Å²) in [6.07, 6.45) is -8.42. The van der Waals surface area contributed by atoms with Gasteiger partial charge in [0, 0.05) is 12.5 Å². The fraction of sp³-hybridized carbons (Fsp3) is 0.588. The molecule has 0 radical (unpaired) electrons. The lowest BCUT2D eigenvalue weighted by Gasteiger charge is -2.24. The Morgan fingerprint density at radius 1 is 1.18 bits per heavy atom. The van der Waals surface area contributed by atoms with Gasteiger partial charge in [0.05, 0.1) is 11.0 Å². The lowest BCUT2D eigenvalue weighted by Crippen LogP contribution is -2.43. The predicted molar refractivity (Wildman–Crippen MR) is 87.5 cm³/mol. The fourth-order valence-electron chi connectivity index (χ4n) is 2.35.